The number of nitrogens with zero attached hydrogens (tertiary/aromatic N) is 4. The first-order chi connectivity index (χ1) is 18.4. The highest BCUT2D eigenvalue weighted by Gasteiger charge is 2.43. The predicted molar refractivity (Wildman–Crippen MR) is 142 cm³/mol. The predicted octanol–water partition coefficient (Wildman–Crippen LogP) is 2.80. The zero-order valence-corrected chi connectivity index (χ0v) is 21.8. The summed E-state index contributed by atoms with van der Waals surface area (Å²) in [4.78, 5) is 29.5. The van der Waals surface area contributed by atoms with Crippen molar-refractivity contribution in [2.45, 2.75) is 58.2 Å². The first-order valence-electron chi connectivity index (χ1n) is 13.4. The molecule has 0 unspecified atom stereocenters. The van der Waals surface area contributed by atoms with E-state index in [1.54, 1.807) is 10.7 Å². The van der Waals surface area contributed by atoms with Crippen LogP contribution in [0.2, 0.25) is 0 Å². The molecule has 1 fully saturated rings. The molecule has 2 bridgehead atoms. The zero-order valence-electron chi connectivity index (χ0n) is 21.8. The highest BCUT2D eigenvalue weighted by Crippen LogP contribution is 2.36. The molecular weight excluding hydrogens is 483 g/mol. The van der Waals surface area contributed by atoms with Crippen molar-refractivity contribution in [1.29, 1.82) is 0 Å². The maximum absolute atomic E-state index is 14.0. The monoisotopic (exact) mass is 518 g/mol. The van der Waals surface area contributed by atoms with E-state index in [0.717, 1.165) is 28.8 Å². The van der Waals surface area contributed by atoms with Crippen molar-refractivity contribution in [2.75, 3.05) is 19.6 Å². The quantitative estimate of drug-likeness (QED) is 0.554. The minimum absolute atomic E-state index is 0.111. The van der Waals surface area contributed by atoms with Crippen LogP contribution in [0.3, 0.4) is 0 Å². The van der Waals surface area contributed by atoms with Gasteiger partial charge < -0.3 is 10.6 Å². The number of aryl methyl sites for hydroxylation is 2. The molecule has 5 rings (SSSR count). The molecule has 1 spiro atoms. The molecule has 0 radical (unpaired) electrons. The summed E-state index contributed by atoms with van der Waals surface area (Å²) in [5.74, 6) is -0.508. The van der Waals surface area contributed by atoms with Crippen LogP contribution in [0, 0.1) is 18.2 Å². The van der Waals surface area contributed by atoms with E-state index in [1.165, 1.54) is 6.07 Å². The van der Waals surface area contributed by atoms with Crippen molar-refractivity contribution >= 4 is 11.8 Å². The van der Waals surface area contributed by atoms with Gasteiger partial charge in [-0.25, -0.2) is 4.39 Å². The summed E-state index contributed by atoms with van der Waals surface area (Å²) < 4.78 is 15.4. The average Bonchev–Trinajstić information content (AvgIpc) is 3.36. The molecule has 0 saturated carbocycles. The lowest BCUT2D eigenvalue weighted by molar-refractivity contribution is -0.137. The number of hydrogen-bond donors (Lipinski definition) is 2. The van der Waals surface area contributed by atoms with Crippen molar-refractivity contribution in [3.63, 3.8) is 0 Å². The number of piperidine rings is 1. The summed E-state index contributed by atoms with van der Waals surface area (Å²) in [6, 6.07) is 14.0. The van der Waals surface area contributed by atoms with E-state index >= 15 is 0 Å². The molecule has 2 aliphatic heterocycles. The van der Waals surface area contributed by atoms with E-state index in [1.807, 2.05) is 49.5 Å². The highest BCUT2D eigenvalue weighted by atomic mass is 19.1. The molecule has 1 atom stereocenters. The minimum Gasteiger partial charge on any atom is -0.354 e. The van der Waals surface area contributed by atoms with Gasteiger partial charge in [-0.05, 0) is 68.1 Å². The van der Waals surface area contributed by atoms with Gasteiger partial charge in [0.2, 0.25) is 11.8 Å². The molecule has 38 heavy (non-hydrogen) atoms. The normalized spacial score (nSPS) is 20.6. The molecule has 1 aromatic heterocycles. The Morgan fingerprint density at radius 1 is 1.08 bits per heavy atom. The zero-order chi connectivity index (χ0) is 26.5. The van der Waals surface area contributed by atoms with Gasteiger partial charge in [0.25, 0.3) is 0 Å². The third kappa shape index (κ3) is 6.10. The summed E-state index contributed by atoms with van der Waals surface area (Å²) in [6.07, 6.45) is 4.81. The fourth-order valence-electron chi connectivity index (χ4n) is 5.52. The van der Waals surface area contributed by atoms with Crippen LogP contribution in [0.4, 0.5) is 4.39 Å². The van der Waals surface area contributed by atoms with Crippen molar-refractivity contribution in [3.8, 4) is 0 Å². The number of nitrogens with one attached hydrogen (secondary N) is 2. The number of rotatable bonds is 4. The number of amides is 2. The molecule has 3 aromatic rings. The van der Waals surface area contributed by atoms with Crippen LogP contribution in [0.1, 0.15) is 41.6 Å². The SMILES string of the molecule is Cc1cc(F)ccc1CN1CCC2(CC1)Cc1cn(nn1)CCCNC(=O)[C@H](Cc1ccccc1)NC2=O. The number of carbonyl (C=O) groups is 2. The lowest BCUT2D eigenvalue weighted by atomic mass is 9.73. The van der Waals surface area contributed by atoms with Crippen LogP contribution < -0.4 is 10.6 Å². The van der Waals surface area contributed by atoms with Crippen LogP contribution in [-0.2, 0) is 35.5 Å². The molecule has 3 heterocycles. The van der Waals surface area contributed by atoms with Crippen LogP contribution >= 0.6 is 0 Å². The Morgan fingerprint density at radius 3 is 2.63 bits per heavy atom. The molecule has 0 aliphatic carbocycles. The van der Waals surface area contributed by atoms with Crippen molar-refractivity contribution in [3.05, 3.63) is 82.9 Å². The lowest BCUT2D eigenvalue weighted by Gasteiger charge is -2.41. The van der Waals surface area contributed by atoms with E-state index < -0.39 is 11.5 Å². The molecule has 2 N–H and O–H groups in total. The Balaban J connectivity index is 1.37. The first-order valence-corrected chi connectivity index (χ1v) is 13.4. The smallest absolute Gasteiger partial charge is 0.242 e. The van der Waals surface area contributed by atoms with Gasteiger partial charge in [-0.15, -0.1) is 5.10 Å². The number of fused-ring (bicyclic) bond motifs is 2. The molecular formula is C29H35FN6O2. The molecule has 2 aliphatic rings. The third-order valence-electron chi connectivity index (χ3n) is 7.87. The van der Waals surface area contributed by atoms with Crippen molar-refractivity contribution in [1.82, 2.24) is 30.5 Å². The van der Waals surface area contributed by atoms with Crippen LogP contribution in [-0.4, -0.2) is 57.4 Å². The van der Waals surface area contributed by atoms with Gasteiger partial charge in [-0.3, -0.25) is 19.2 Å². The highest BCUT2D eigenvalue weighted by molar-refractivity contribution is 5.90. The number of hydrogen-bond acceptors (Lipinski definition) is 5. The second kappa shape index (κ2) is 11.4. The Morgan fingerprint density at radius 2 is 1.87 bits per heavy atom. The number of likely N-dealkylation sites (tertiary alicyclic amines) is 1. The third-order valence-corrected chi connectivity index (χ3v) is 7.87. The summed E-state index contributed by atoms with van der Waals surface area (Å²) in [5.41, 5.74) is 3.11. The second-order valence-electron chi connectivity index (χ2n) is 10.6. The molecule has 1 saturated heterocycles. The van der Waals surface area contributed by atoms with E-state index in [0.29, 0.717) is 58.4 Å². The Bertz CT molecular complexity index is 1270. The molecule has 200 valence electrons. The van der Waals surface area contributed by atoms with Crippen LogP contribution in [0.5, 0.6) is 0 Å². The minimum atomic E-state index is -0.696. The number of halogens is 1. The number of benzene rings is 2. The number of aromatic nitrogens is 3. The maximum atomic E-state index is 14.0. The van der Waals surface area contributed by atoms with Crippen molar-refractivity contribution in [2.24, 2.45) is 5.41 Å². The Kier molecular flexibility index (Phi) is 7.83. The fraction of sp³-hybridized carbons (Fsp3) is 0.448. The van der Waals surface area contributed by atoms with Gasteiger partial charge in [-0.2, -0.15) is 0 Å². The van der Waals surface area contributed by atoms with E-state index in [2.05, 4.69) is 25.8 Å². The van der Waals surface area contributed by atoms with Gasteiger partial charge in [0.15, 0.2) is 0 Å². The van der Waals surface area contributed by atoms with Gasteiger partial charge in [0, 0.05) is 38.7 Å². The average molecular weight is 519 g/mol. The standard InChI is InChI=1S/C29H35FN6O2/c1-21-16-24(30)9-8-23(21)19-35-14-10-29(11-15-35)18-25-20-36(34-33-25)13-5-12-31-27(37)26(32-28(29)38)17-22-6-3-2-4-7-22/h2-4,6-9,16,20,26H,5,10-15,17-19H2,1H3,(H,31,37)(H,32,38)/t26-/m0/s1. The fourth-order valence-corrected chi connectivity index (χ4v) is 5.52. The summed E-state index contributed by atoms with van der Waals surface area (Å²) in [6.45, 7) is 5.21. The largest absolute Gasteiger partial charge is 0.354 e. The molecule has 8 nitrogen and oxygen atoms in total. The Hall–Kier alpha value is -3.59. The summed E-state index contributed by atoms with van der Waals surface area (Å²) in [5, 5.41) is 14.7. The topological polar surface area (TPSA) is 92.2 Å². The summed E-state index contributed by atoms with van der Waals surface area (Å²) >= 11 is 0. The van der Waals surface area contributed by atoms with Crippen LogP contribution in [0.25, 0.3) is 0 Å². The number of carbonyl (C=O) groups excluding carboxylic acids is 2. The maximum Gasteiger partial charge on any atom is 0.242 e. The van der Waals surface area contributed by atoms with Gasteiger partial charge in [-0.1, -0.05) is 41.6 Å². The second-order valence-corrected chi connectivity index (χ2v) is 10.6. The van der Waals surface area contributed by atoms with E-state index in [9.17, 15) is 14.0 Å². The Labute approximate surface area is 222 Å². The molecule has 9 heteroatoms. The molecule has 2 amide bonds. The van der Waals surface area contributed by atoms with Gasteiger partial charge in [0.1, 0.15) is 11.9 Å². The molecule has 2 aromatic carbocycles. The van der Waals surface area contributed by atoms with Gasteiger partial charge >= 0.3 is 0 Å². The van der Waals surface area contributed by atoms with Gasteiger partial charge in [0.05, 0.1) is 11.1 Å². The lowest BCUT2D eigenvalue weighted by Crippen LogP contribution is -2.56. The van der Waals surface area contributed by atoms with Crippen LogP contribution in [0.15, 0.2) is 54.7 Å². The van der Waals surface area contributed by atoms with E-state index in [4.69, 9.17) is 0 Å². The first kappa shape index (κ1) is 26.0. The van der Waals surface area contributed by atoms with Crippen molar-refractivity contribution < 1.29 is 14.0 Å². The summed E-state index contributed by atoms with van der Waals surface area (Å²) in [7, 11) is 0. The van der Waals surface area contributed by atoms with E-state index in [-0.39, 0.29) is 17.6 Å².